The summed E-state index contributed by atoms with van der Waals surface area (Å²) >= 11 is 1.44. The van der Waals surface area contributed by atoms with Crippen molar-refractivity contribution in [2.24, 2.45) is 0 Å². The number of hydrogen-bond acceptors (Lipinski definition) is 5. The van der Waals surface area contributed by atoms with Crippen LogP contribution in [0.3, 0.4) is 0 Å². The van der Waals surface area contributed by atoms with Gasteiger partial charge in [-0.3, -0.25) is 5.41 Å². The molecule has 0 amide bonds. The van der Waals surface area contributed by atoms with E-state index in [2.05, 4.69) is 18.0 Å². The van der Waals surface area contributed by atoms with Crippen molar-refractivity contribution in [2.45, 2.75) is 13.3 Å². The lowest BCUT2D eigenvalue weighted by molar-refractivity contribution is 0.411. The average Bonchev–Trinajstić information content (AvgIpc) is 3.32. The molecule has 6 heteroatoms. The molecule has 1 aromatic heterocycles. The highest BCUT2D eigenvalue weighted by atomic mass is 32.1. The third-order valence-corrected chi connectivity index (χ3v) is 5.73. The Morgan fingerprint density at radius 1 is 1.18 bits per heavy atom. The molecule has 5 nitrogen and oxygen atoms in total. The standard InChI is InChI=1S/C22H21N3O2S/c1-3-14-6-4-5-7-18(14)25-12-19(26)20(21(25)23)22-24-17(13-28-22)15-8-10-16(27-2)11-9-15/h4-11,13,23,26H,3,12H2,1-2H3. The zero-order chi connectivity index (χ0) is 19.7. The zero-order valence-electron chi connectivity index (χ0n) is 15.8. The van der Waals surface area contributed by atoms with Gasteiger partial charge in [-0.1, -0.05) is 25.1 Å². The molecule has 1 aliphatic heterocycles. The molecular formula is C22H21N3O2S. The van der Waals surface area contributed by atoms with E-state index in [1.165, 1.54) is 11.3 Å². The fraction of sp³-hybridized carbons (Fsp3) is 0.182. The van der Waals surface area contributed by atoms with Gasteiger partial charge in [-0.05, 0) is 42.3 Å². The molecule has 2 aromatic carbocycles. The molecule has 3 aromatic rings. The fourth-order valence-corrected chi connectivity index (χ4v) is 4.26. The number of aliphatic hydroxyl groups is 1. The maximum absolute atomic E-state index is 10.6. The maximum atomic E-state index is 10.6. The number of anilines is 1. The third kappa shape index (κ3) is 3.16. The third-order valence-electron chi connectivity index (χ3n) is 4.87. The number of benzene rings is 2. The molecule has 2 heterocycles. The summed E-state index contributed by atoms with van der Waals surface area (Å²) in [6.45, 7) is 2.39. The van der Waals surface area contributed by atoms with E-state index in [0.29, 0.717) is 17.1 Å². The Morgan fingerprint density at radius 2 is 1.93 bits per heavy atom. The van der Waals surface area contributed by atoms with Gasteiger partial charge in [0, 0.05) is 16.6 Å². The van der Waals surface area contributed by atoms with E-state index in [4.69, 9.17) is 10.1 Å². The van der Waals surface area contributed by atoms with Gasteiger partial charge in [0.2, 0.25) is 0 Å². The smallest absolute Gasteiger partial charge is 0.139 e. The van der Waals surface area contributed by atoms with Gasteiger partial charge in [0.15, 0.2) is 0 Å². The number of aryl methyl sites for hydroxylation is 1. The van der Waals surface area contributed by atoms with Crippen LogP contribution in [0.5, 0.6) is 5.75 Å². The molecule has 0 radical (unpaired) electrons. The predicted octanol–water partition coefficient (Wildman–Crippen LogP) is 5.15. The van der Waals surface area contributed by atoms with Crippen molar-refractivity contribution in [3.63, 3.8) is 0 Å². The number of aliphatic hydroxyl groups excluding tert-OH is 1. The number of rotatable bonds is 5. The number of nitrogens with zero attached hydrogens (tertiary/aromatic N) is 2. The van der Waals surface area contributed by atoms with Crippen molar-refractivity contribution in [2.75, 3.05) is 18.6 Å². The van der Waals surface area contributed by atoms with Crippen LogP contribution in [0, 0.1) is 5.41 Å². The monoisotopic (exact) mass is 391 g/mol. The van der Waals surface area contributed by atoms with Crippen LogP contribution in [0.4, 0.5) is 5.69 Å². The van der Waals surface area contributed by atoms with Gasteiger partial charge < -0.3 is 14.7 Å². The lowest BCUT2D eigenvalue weighted by Crippen LogP contribution is -2.27. The number of methoxy groups -OCH3 is 1. The quantitative estimate of drug-likeness (QED) is 0.631. The lowest BCUT2D eigenvalue weighted by Gasteiger charge is -2.21. The van der Waals surface area contributed by atoms with E-state index < -0.39 is 0 Å². The summed E-state index contributed by atoms with van der Waals surface area (Å²) in [5, 5.41) is 21.9. The molecule has 0 spiro atoms. The molecule has 142 valence electrons. The lowest BCUT2D eigenvalue weighted by atomic mass is 10.1. The van der Waals surface area contributed by atoms with Crippen molar-refractivity contribution < 1.29 is 9.84 Å². The molecule has 0 saturated carbocycles. The second kappa shape index (κ2) is 7.48. The minimum atomic E-state index is 0.187. The first-order valence-corrected chi connectivity index (χ1v) is 9.97. The second-order valence-electron chi connectivity index (χ2n) is 6.51. The molecule has 2 N–H and O–H groups in total. The van der Waals surface area contributed by atoms with E-state index >= 15 is 0 Å². The van der Waals surface area contributed by atoms with Crippen LogP contribution in [-0.4, -0.2) is 29.6 Å². The number of amidine groups is 1. The molecule has 0 fully saturated rings. The van der Waals surface area contributed by atoms with E-state index in [9.17, 15) is 5.11 Å². The van der Waals surface area contributed by atoms with Crippen molar-refractivity contribution in [1.29, 1.82) is 5.41 Å². The van der Waals surface area contributed by atoms with Crippen LogP contribution in [0.25, 0.3) is 16.8 Å². The first-order chi connectivity index (χ1) is 13.6. The van der Waals surface area contributed by atoms with Gasteiger partial charge in [0.25, 0.3) is 0 Å². The summed E-state index contributed by atoms with van der Waals surface area (Å²) in [6, 6.07) is 15.7. The zero-order valence-corrected chi connectivity index (χ0v) is 16.6. The van der Waals surface area contributed by atoms with Crippen molar-refractivity contribution in [3.8, 4) is 17.0 Å². The highest BCUT2D eigenvalue weighted by Crippen LogP contribution is 2.35. The average molecular weight is 391 g/mol. The second-order valence-corrected chi connectivity index (χ2v) is 7.36. The van der Waals surface area contributed by atoms with Crippen LogP contribution in [0.1, 0.15) is 17.5 Å². The predicted molar refractivity (Wildman–Crippen MR) is 115 cm³/mol. The first-order valence-electron chi connectivity index (χ1n) is 9.09. The van der Waals surface area contributed by atoms with Gasteiger partial charge >= 0.3 is 0 Å². The van der Waals surface area contributed by atoms with Crippen molar-refractivity contribution in [1.82, 2.24) is 4.98 Å². The SMILES string of the molecule is CCc1ccccc1N1CC(O)=C(c2nc(-c3ccc(OC)cc3)cs2)C1=N. The van der Waals surface area contributed by atoms with Crippen LogP contribution in [0.15, 0.2) is 59.7 Å². The van der Waals surface area contributed by atoms with Crippen LogP contribution in [-0.2, 0) is 6.42 Å². The van der Waals surface area contributed by atoms with E-state index in [-0.39, 0.29) is 11.6 Å². The molecule has 1 aliphatic rings. The summed E-state index contributed by atoms with van der Waals surface area (Å²) in [7, 11) is 1.64. The number of hydrogen-bond donors (Lipinski definition) is 2. The molecule has 0 saturated heterocycles. The molecule has 0 bridgehead atoms. The van der Waals surface area contributed by atoms with Crippen LogP contribution in [0.2, 0.25) is 0 Å². The van der Waals surface area contributed by atoms with Gasteiger partial charge in [-0.2, -0.15) is 0 Å². The highest BCUT2D eigenvalue weighted by molar-refractivity contribution is 7.11. The number of aromatic nitrogens is 1. The summed E-state index contributed by atoms with van der Waals surface area (Å²) < 4.78 is 5.20. The molecule has 4 rings (SSSR count). The summed E-state index contributed by atoms with van der Waals surface area (Å²) in [5.74, 6) is 1.27. The first kappa shape index (κ1) is 18.3. The number of ether oxygens (including phenoxy) is 1. The van der Waals surface area contributed by atoms with Crippen LogP contribution < -0.4 is 9.64 Å². The Kier molecular flexibility index (Phi) is 4.88. The van der Waals surface area contributed by atoms with Crippen molar-refractivity contribution >= 4 is 28.4 Å². The molecule has 0 unspecified atom stereocenters. The molecule has 0 aliphatic carbocycles. The van der Waals surface area contributed by atoms with E-state index in [0.717, 1.165) is 34.7 Å². The Hall–Kier alpha value is -3.12. The number of thiazole rings is 1. The summed E-state index contributed by atoms with van der Waals surface area (Å²) in [6.07, 6.45) is 0.870. The minimum Gasteiger partial charge on any atom is -0.510 e. The highest BCUT2D eigenvalue weighted by Gasteiger charge is 2.32. The van der Waals surface area contributed by atoms with Gasteiger partial charge in [-0.25, -0.2) is 4.98 Å². The molecule has 0 atom stereocenters. The van der Waals surface area contributed by atoms with E-state index in [1.54, 1.807) is 7.11 Å². The van der Waals surface area contributed by atoms with Crippen LogP contribution >= 0.6 is 11.3 Å². The Balaban J connectivity index is 1.63. The topological polar surface area (TPSA) is 69.4 Å². The number of para-hydroxylation sites is 1. The Morgan fingerprint density at radius 3 is 2.64 bits per heavy atom. The molecular weight excluding hydrogens is 370 g/mol. The number of nitrogens with one attached hydrogen (secondary N) is 1. The largest absolute Gasteiger partial charge is 0.510 e. The normalized spacial score (nSPS) is 14.1. The fourth-order valence-electron chi connectivity index (χ4n) is 3.37. The summed E-state index contributed by atoms with van der Waals surface area (Å²) in [5.41, 5.74) is 4.42. The Bertz CT molecular complexity index is 1050. The van der Waals surface area contributed by atoms with Gasteiger partial charge in [-0.15, -0.1) is 11.3 Å². The Labute approximate surface area is 168 Å². The summed E-state index contributed by atoms with van der Waals surface area (Å²) in [4.78, 5) is 6.53. The van der Waals surface area contributed by atoms with Gasteiger partial charge in [0.05, 0.1) is 24.9 Å². The van der Waals surface area contributed by atoms with Gasteiger partial charge in [0.1, 0.15) is 22.4 Å². The van der Waals surface area contributed by atoms with E-state index in [1.807, 2.05) is 52.7 Å². The van der Waals surface area contributed by atoms with Crippen molar-refractivity contribution in [3.05, 3.63) is 70.2 Å². The molecule has 28 heavy (non-hydrogen) atoms. The maximum Gasteiger partial charge on any atom is 0.139 e. The minimum absolute atomic E-state index is 0.187.